The summed E-state index contributed by atoms with van der Waals surface area (Å²) in [5.74, 6) is 1.93. The highest BCUT2D eigenvalue weighted by molar-refractivity contribution is 5.80. The molecule has 0 bridgehead atoms. The molecule has 0 spiro atoms. The number of aromatic amines is 2. The number of hydrogen-bond donors (Lipinski definition) is 5. The summed E-state index contributed by atoms with van der Waals surface area (Å²) in [5.41, 5.74) is 25.9. The van der Waals surface area contributed by atoms with Gasteiger partial charge in [0, 0.05) is 36.5 Å². The number of benzene rings is 4. The predicted molar refractivity (Wildman–Crippen MR) is 256 cm³/mol. The Hall–Kier alpha value is -7.52. The number of imidazole rings is 2. The van der Waals surface area contributed by atoms with Crippen LogP contribution in [0.2, 0.25) is 0 Å². The van der Waals surface area contributed by atoms with Crippen molar-refractivity contribution in [2.24, 2.45) is 5.73 Å². The van der Waals surface area contributed by atoms with Crippen LogP contribution in [0.25, 0.3) is 22.1 Å². The first-order valence-corrected chi connectivity index (χ1v) is 21.7. The molecule has 8 rings (SSSR count). The van der Waals surface area contributed by atoms with Crippen molar-refractivity contribution < 1.29 is 9.59 Å². The van der Waals surface area contributed by atoms with E-state index in [0.29, 0.717) is 66.9 Å². The summed E-state index contributed by atoms with van der Waals surface area (Å²) < 4.78 is 2.96. The van der Waals surface area contributed by atoms with E-state index in [1.165, 1.54) is 27.2 Å². The molecule has 4 heterocycles. The molecule has 15 nitrogen and oxygen atoms in total. The van der Waals surface area contributed by atoms with Crippen molar-refractivity contribution in [3.63, 3.8) is 0 Å². The third-order valence-electron chi connectivity index (χ3n) is 10.9. The van der Waals surface area contributed by atoms with Crippen LogP contribution in [0, 0.1) is 13.8 Å². The zero-order chi connectivity index (χ0) is 46.3. The molecule has 0 aliphatic rings. The van der Waals surface area contributed by atoms with E-state index >= 15 is 0 Å². The zero-order valence-corrected chi connectivity index (χ0v) is 37.2. The molecule has 0 atom stereocenters. The Bertz CT molecular complexity index is 2970. The molecule has 336 valence electrons. The largest absolute Gasteiger partial charge is 0.369 e. The van der Waals surface area contributed by atoms with E-state index in [1.54, 1.807) is 26.2 Å². The summed E-state index contributed by atoms with van der Waals surface area (Å²) in [7, 11) is 0. The second kappa shape index (κ2) is 22.7. The molecular formula is C50H57N11O4. The van der Waals surface area contributed by atoms with Crippen LogP contribution in [0.4, 0.5) is 11.9 Å². The summed E-state index contributed by atoms with van der Waals surface area (Å²) in [5, 5.41) is 0. The minimum Gasteiger partial charge on any atom is -0.369 e. The molecule has 0 unspecified atom stereocenters. The maximum absolute atomic E-state index is 12.9. The van der Waals surface area contributed by atoms with Gasteiger partial charge in [-0.2, -0.15) is 0 Å². The molecule has 0 saturated heterocycles. The Balaban J connectivity index is 0.000000181. The Labute approximate surface area is 377 Å². The minimum absolute atomic E-state index is 0.00246. The van der Waals surface area contributed by atoms with E-state index < -0.39 is 0 Å². The lowest BCUT2D eigenvalue weighted by Gasteiger charge is -2.11. The van der Waals surface area contributed by atoms with Crippen LogP contribution in [0.15, 0.2) is 119 Å². The van der Waals surface area contributed by atoms with Crippen molar-refractivity contribution in [1.29, 1.82) is 0 Å². The van der Waals surface area contributed by atoms with Gasteiger partial charge in [0.05, 0.1) is 35.2 Å². The van der Waals surface area contributed by atoms with E-state index in [1.807, 2.05) is 72.8 Å². The monoisotopic (exact) mass is 875 g/mol. The Kier molecular flexibility index (Phi) is 16.4. The Morgan fingerprint density at radius 1 is 0.585 bits per heavy atom. The maximum atomic E-state index is 12.9. The number of aryl methyl sites for hydroxylation is 7. The molecule has 0 fully saturated rings. The molecule has 0 radical (unpaired) electrons. The highest BCUT2D eigenvalue weighted by Gasteiger charge is 2.13. The van der Waals surface area contributed by atoms with Crippen LogP contribution in [0.1, 0.15) is 71.2 Å². The number of hydrogen-bond acceptors (Lipinski definition) is 11. The summed E-state index contributed by atoms with van der Waals surface area (Å²) >= 11 is 0. The first-order chi connectivity index (χ1) is 31.4. The quantitative estimate of drug-likeness (QED) is 0.0721. The van der Waals surface area contributed by atoms with Crippen LogP contribution in [-0.4, -0.2) is 50.6 Å². The topological polar surface area (TPSA) is 239 Å². The number of fused-ring (bicyclic) bond motifs is 2. The fraction of sp³-hybridized carbons (Fsp3) is 0.280. The third kappa shape index (κ3) is 13.5. The molecular weight excluding hydrogens is 819 g/mol. The fourth-order valence-electron chi connectivity index (χ4n) is 7.40. The molecule has 0 aliphatic carbocycles. The summed E-state index contributed by atoms with van der Waals surface area (Å²) in [6, 6.07) is 32.0. The van der Waals surface area contributed by atoms with Gasteiger partial charge in [0.2, 0.25) is 0 Å². The Morgan fingerprint density at radius 3 is 1.52 bits per heavy atom. The van der Waals surface area contributed by atoms with Gasteiger partial charge in [-0.3, -0.25) is 28.3 Å². The molecule has 0 amide bonds. The number of aromatic nitrogens is 8. The van der Waals surface area contributed by atoms with Gasteiger partial charge in [0.25, 0.3) is 11.1 Å². The summed E-state index contributed by atoms with van der Waals surface area (Å²) in [6.07, 6.45) is 9.13. The molecule has 4 aromatic heterocycles. The molecule has 15 heteroatoms. The van der Waals surface area contributed by atoms with Crippen LogP contribution in [-0.2, 0) is 61.3 Å². The highest BCUT2D eigenvalue weighted by Crippen LogP contribution is 2.17. The minimum atomic E-state index is -0.117. The van der Waals surface area contributed by atoms with E-state index in [0.717, 1.165) is 58.9 Å². The van der Waals surface area contributed by atoms with Gasteiger partial charge in [-0.05, 0) is 112 Å². The van der Waals surface area contributed by atoms with E-state index in [-0.39, 0.29) is 35.8 Å². The molecule has 0 saturated carbocycles. The van der Waals surface area contributed by atoms with Crippen molar-refractivity contribution in [3.05, 3.63) is 175 Å². The van der Waals surface area contributed by atoms with Crippen molar-refractivity contribution >= 4 is 45.5 Å². The number of ketones is 2. The lowest BCUT2D eigenvalue weighted by Crippen LogP contribution is -2.30. The van der Waals surface area contributed by atoms with E-state index in [9.17, 15) is 19.2 Å². The van der Waals surface area contributed by atoms with E-state index in [4.69, 9.17) is 17.2 Å². The van der Waals surface area contributed by atoms with Gasteiger partial charge in [0.15, 0.2) is 17.7 Å². The van der Waals surface area contributed by atoms with Crippen LogP contribution >= 0.6 is 0 Å². The lowest BCUT2D eigenvalue weighted by molar-refractivity contribution is -0.120. The van der Waals surface area contributed by atoms with Crippen molar-refractivity contribution in [2.45, 2.75) is 91.8 Å². The van der Waals surface area contributed by atoms with Crippen LogP contribution in [0.3, 0.4) is 0 Å². The number of rotatable bonds is 16. The number of nitrogens with two attached hydrogens (primary N) is 3. The van der Waals surface area contributed by atoms with E-state index in [2.05, 4.69) is 54.2 Å². The first-order valence-electron chi connectivity index (χ1n) is 21.7. The SMILES string of the molecule is CC(=O)Cn1c(C)ncc(CCCc2ccccc2)c1=O.Cc1ncc(CCCc2ccccc2)c(=O)n1CC(=O)CCc1ccc2nc(N)[nH]c2c1.NCc1ccc2nc(N)[nH]c2c1. The number of nitrogens with zero attached hydrogens (tertiary/aromatic N) is 6. The lowest BCUT2D eigenvalue weighted by atomic mass is 10.1. The number of nitrogen functional groups attached to an aromatic ring is 2. The van der Waals surface area contributed by atoms with Crippen molar-refractivity contribution in [1.82, 2.24) is 39.0 Å². The molecule has 8 aromatic rings. The number of carbonyl (C=O) groups is 2. The second-order valence-electron chi connectivity index (χ2n) is 16.0. The zero-order valence-electron chi connectivity index (χ0n) is 37.2. The van der Waals surface area contributed by atoms with Gasteiger partial charge in [0.1, 0.15) is 17.4 Å². The summed E-state index contributed by atoms with van der Waals surface area (Å²) in [6.45, 7) is 5.67. The summed E-state index contributed by atoms with van der Waals surface area (Å²) in [4.78, 5) is 71.9. The number of H-pyrrole nitrogens is 2. The predicted octanol–water partition coefficient (Wildman–Crippen LogP) is 6.31. The Morgan fingerprint density at radius 2 is 1.05 bits per heavy atom. The van der Waals surface area contributed by atoms with Crippen molar-refractivity contribution in [2.75, 3.05) is 11.5 Å². The molecule has 4 aromatic carbocycles. The average Bonchev–Trinajstić information content (AvgIpc) is 3.88. The second-order valence-corrected chi connectivity index (χ2v) is 16.0. The normalized spacial score (nSPS) is 10.9. The van der Waals surface area contributed by atoms with Gasteiger partial charge < -0.3 is 27.2 Å². The van der Waals surface area contributed by atoms with Gasteiger partial charge in [-0.25, -0.2) is 19.9 Å². The van der Waals surface area contributed by atoms with Crippen LogP contribution in [0.5, 0.6) is 0 Å². The van der Waals surface area contributed by atoms with Gasteiger partial charge in [-0.1, -0.05) is 72.8 Å². The molecule has 65 heavy (non-hydrogen) atoms. The number of carbonyl (C=O) groups excluding carboxylic acids is 2. The number of Topliss-reactive ketones (excluding diaryl/α,β-unsaturated/α-hetero) is 2. The standard InChI is InChI=1S/C25H27N5O2.C17H20N2O2.C8H10N4/c1-17-27-15-20(9-5-8-18-6-3-2-4-7-18)24(32)30(17)16-21(31)12-10-19-11-13-22-23(14-19)29-25(26)28-22;1-13(20)12-19-14(2)18-11-16(17(19)21)10-6-9-15-7-4-3-5-8-15;9-4-5-1-2-6-7(3-5)12-8(10)11-6/h2-4,6-7,11,13-15H,5,8-10,12,16H2,1H3,(H3,26,28,29);3-5,7-8,11H,6,9-10,12H2,1-2H3;1-3H,4,9H2,(H3,10,11,12). The third-order valence-corrected chi connectivity index (χ3v) is 10.9. The van der Waals surface area contributed by atoms with Crippen LogP contribution < -0.4 is 28.3 Å². The first kappa shape index (κ1) is 47.0. The molecule has 0 aliphatic heterocycles. The fourth-order valence-corrected chi connectivity index (χ4v) is 7.40. The highest BCUT2D eigenvalue weighted by atomic mass is 16.1. The van der Waals surface area contributed by atoms with Gasteiger partial charge in [-0.15, -0.1) is 0 Å². The average molecular weight is 876 g/mol. The van der Waals surface area contributed by atoms with Gasteiger partial charge >= 0.3 is 0 Å². The van der Waals surface area contributed by atoms with Crippen molar-refractivity contribution in [3.8, 4) is 0 Å². The number of anilines is 2. The number of nitrogens with one attached hydrogen (secondary N) is 2. The molecule has 8 N–H and O–H groups in total. The smallest absolute Gasteiger partial charge is 0.257 e. The maximum Gasteiger partial charge on any atom is 0.257 e.